The first kappa shape index (κ1) is 58.7. The zero-order valence-electron chi connectivity index (χ0n) is 22.0. The van der Waals surface area contributed by atoms with Crippen molar-refractivity contribution < 1.29 is 110 Å². The summed E-state index contributed by atoms with van der Waals surface area (Å²) >= 11 is 0. The summed E-state index contributed by atoms with van der Waals surface area (Å²) in [7, 11) is -14.5. The van der Waals surface area contributed by atoms with E-state index in [4.69, 9.17) is 27.1 Å². The van der Waals surface area contributed by atoms with Crippen molar-refractivity contribution in [3.63, 3.8) is 0 Å². The molecule has 0 rings (SSSR count). The Bertz CT molecular complexity index is 398. The number of halogens is 12. The van der Waals surface area contributed by atoms with Gasteiger partial charge in [0, 0.05) is 33.0 Å². The summed E-state index contributed by atoms with van der Waals surface area (Å²) in [5.41, 5.74) is 0. The maximum Gasteiger partial charge on any atom is 0.486 e. The maximum atomic E-state index is 11.3. The van der Waals surface area contributed by atoms with Gasteiger partial charge in [0.2, 0.25) is 0 Å². The number of nitrogens with zero attached hydrogens (tertiary/aromatic N) is 3. The molecular weight excluding hydrogens is 839 g/mol. The fourth-order valence-electron chi connectivity index (χ4n) is 0.692. The third-order valence-electron chi connectivity index (χ3n) is 2.52. The van der Waals surface area contributed by atoms with Gasteiger partial charge in [-0.15, -0.1) is 0 Å². The SMILES string of the molecule is CN([PH+](F)F)[PH+](F)F.CN([PH+](F)F)[PH+](F)F.CN([PH+](F)F)[PH+](F)F.CO[PH+](OC)OC.CO[PH+](OC)OC.[Ni].[Ni]. The van der Waals surface area contributed by atoms with Crippen molar-refractivity contribution >= 4 is 69.4 Å². The van der Waals surface area contributed by atoms with Gasteiger partial charge in [0.15, 0.2) is 0 Å². The van der Waals surface area contributed by atoms with Crippen molar-refractivity contribution in [2.45, 2.75) is 0 Å². The Balaban J connectivity index is -0.0000000673. The molecule has 0 aliphatic heterocycles. The molecule has 0 aromatic rings. The van der Waals surface area contributed by atoms with E-state index in [0.29, 0.717) is 0 Å². The van der Waals surface area contributed by atoms with Crippen LogP contribution < -0.4 is 0 Å². The molecule has 0 radical (unpaired) electrons. The van der Waals surface area contributed by atoms with Gasteiger partial charge in [-0.2, -0.15) is 27.1 Å². The summed E-state index contributed by atoms with van der Waals surface area (Å²) in [5, 5.41) is 0. The minimum absolute atomic E-state index is 0. The molecule has 0 unspecified atom stereocenters. The van der Waals surface area contributed by atoms with Crippen LogP contribution in [0, 0.1) is 0 Å². The minimum Gasteiger partial charge on any atom is -0.183 e. The van der Waals surface area contributed by atoms with Crippen LogP contribution in [0.1, 0.15) is 0 Å². The van der Waals surface area contributed by atoms with Crippen LogP contribution >= 0.6 is 69.4 Å². The first-order valence-corrected chi connectivity index (χ1v) is 18.3. The van der Waals surface area contributed by atoms with Gasteiger partial charge in [-0.1, -0.05) is 0 Å². The van der Waals surface area contributed by atoms with E-state index in [9.17, 15) is 50.4 Å². The molecule has 0 aliphatic rings. The first-order valence-electron chi connectivity index (χ1n) is 8.63. The summed E-state index contributed by atoms with van der Waals surface area (Å²) in [5.74, 6) is 0. The Morgan fingerprint density at radius 2 is 0.425 bits per heavy atom. The molecular formula is C9H35F12N3Ni2O6P8+8. The number of hydrogen-bond acceptors (Lipinski definition) is 9. The molecule has 31 heteroatoms. The molecule has 0 fully saturated rings. The average Bonchev–Trinajstić information content (AvgIpc) is 2.85. The second kappa shape index (κ2) is 40.3. The molecule has 0 saturated heterocycles. The van der Waals surface area contributed by atoms with Crippen molar-refractivity contribution in [2.24, 2.45) is 0 Å². The summed E-state index contributed by atoms with van der Waals surface area (Å²) in [6, 6.07) is 0. The van der Waals surface area contributed by atoms with Gasteiger partial charge >= 0.3 is 69.4 Å². The third-order valence-corrected chi connectivity index (χ3v) is 10.6. The van der Waals surface area contributed by atoms with Crippen LogP contribution in [0.15, 0.2) is 0 Å². The fourth-order valence-corrected chi connectivity index (χ4v) is 3.22. The molecule has 0 aliphatic carbocycles. The Morgan fingerprint density at radius 1 is 0.325 bits per heavy atom. The minimum atomic E-state index is -3.88. The topological polar surface area (TPSA) is 65.1 Å². The van der Waals surface area contributed by atoms with Crippen LogP contribution in [-0.4, -0.2) is 77.1 Å². The number of hydrogen-bond donors (Lipinski definition) is 0. The van der Waals surface area contributed by atoms with E-state index in [1.165, 1.54) is 0 Å². The van der Waals surface area contributed by atoms with E-state index in [0.717, 1.165) is 21.1 Å². The molecule has 9 nitrogen and oxygen atoms in total. The first-order chi connectivity index (χ1) is 17.4. The third kappa shape index (κ3) is 43.4. The van der Waals surface area contributed by atoms with Crippen molar-refractivity contribution in [3.8, 4) is 0 Å². The van der Waals surface area contributed by atoms with Crippen molar-refractivity contribution in [2.75, 3.05) is 63.8 Å². The predicted molar refractivity (Wildman–Crippen MR) is 145 cm³/mol. The van der Waals surface area contributed by atoms with Crippen LogP contribution in [-0.2, 0) is 60.1 Å². The molecule has 0 bridgehead atoms. The summed E-state index contributed by atoms with van der Waals surface area (Å²) in [6.45, 7) is 0. The summed E-state index contributed by atoms with van der Waals surface area (Å²) in [6.07, 6.45) is 0. The molecule has 258 valence electrons. The molecule has 0 amide bonds. The van der Waals surface area contributed by atoms with Crippen LogP contribution in [0.25, 0.3) is 0 Å². The summed E-state index contributed by atoms with van der Waals surface area (Å²) in [4.78, 5) is 0. The smallest absolute Gasteiger partial charge is 0.183 e. The van der Waals surface area contributed by atoms with Crippen LogP contribution in [0.4, 0.5) is 50.4 Å². The van der Waals surface area contributed by atoms with Gasteiger partial charge < -0.3 is 0 Å². The molecule has 0 spiro atoms. The second-order valence-corrected chi connectivity index (χ2v) is 16.5. The second-order valence-electron chi connectivity index (χ2n) is 4.84. The van der Waals surface area contributed by atoms with Crippen LogP contribution in [0.5, 0.6) is 0 Å². The Kier molecular flexibility index (Phi) is 59.1. The van der Waals surface area contributed by atoms with E-state index in [-0.39, 0.29) is 46.3 Å². The molecule has 0 atom stereocenters. The molecule has 0 aromatic heterocycles. The van der Waals surface area contributed by atoms with Gasteiger partial charge in [0.1, 0.15) is 0 Å². The van der Waals surface area contributed by atoms with Gasteiger partial charge in [-0.3, -0.25) is 0 Å². The van der Waals surface area contributed by atoms with Gasteiger partial charge in [-0.05, 0) is 50.4 Å². The van der Waals surface area contributed by atoms with Crippen molar-refractivity contribution in [1.82, 2.24) is 13.3 Å². The van der Waals surface area contributed by atoms with E-state index >= 15 is 0 Å². The fraction of sp³-hybridized carbons (Fsp3) is 1.00. The largest absolute Gasteiger partial charge is 0.486 e. The van der Waals surface area contributed by atoms with Gasteiger partial charge in [0.25, 0.3) is 0 Å². The molecule has 0 heterocycles. The molecule has 0 N–H and O–H groups in total. The normalized spacial score (nSPS) is 10.8. The van der Waals surface area contributed by atoms with E-state index in [1.54, 1.807) is 42.7 Å². The zero-order chi connectivity index (χ0) is 31.6. The Hall–Kier alpha value is 3.23. The standard InChI is InChI=1S/2C3H10O3P.3CH3F4NP2.2Ni/c2*1-4-7(5-2)6-3;3*1-6(7(2)3)8(4)5;;/h2*7H,1-3H3;3*1H3;;/q2*+1;;;;;/p+6. The zero-order valence-corrected chi connectivity index (χ0v) is 31.9. The molecule has 0 aromatic carbocycles. The molecule has 0 saturated carbocycles. The van der Waals surface area contributed by atoms with Gasteiger partial charge in [-0.25, -0.2) is 0 Å². The van der Waals surface area contributed by atoms with Crippen molar-refractivity contribution in [3.05, 3.63) is 0 Å². The Labute approximate surface area is 256 Å². The Morgan fingerprint density at radius 3 is 0.425 bits per heavy atom. The van der Waals surface area contributed by atoms with E-state index < -0.39 is 69.4 Å². The van der Waals surface area contributed by atoms with Crippen LogP contribution in [0.2, 0.25) is 0 Å². The van der Waals surface area contributed by atoms with E-state index in [1.807, 2.05) is 0 Å². The predicted octanol–water partition coefficient (Wildman–Crippen LogP) is 9.91. The summed E-state index contributed by atoms with van der Waals surface area (Å²) < 4.78 is 163. The maximum absolute atomic E-state index is 11.3. The average molecular weight is 875 g/mol. The quantitative estimate of drug-likeness (QED) is 0.108. The van der Waals surface area contributed by atoms with Gasteiger partial charge in [0.05, 0.1) is 77.1 Å². The molecule has 40 heavy (non-hydrogen) atoms. The monoisotopic (exact) mass is 873 g/mol. The van der Waals surface area contributed by atoms with Crippen molar-refractivity contribution in [1.29, 1.82) is 0 Å². The number of rotatable bonds is 12. The van der Waals surface area contributed by atoms with E-state index in [2.05, 4.69) is 0 Å². The van der Waals surface area contributed by atoms with Crippen LogP contribution in [0.3, 0.4) is 0 Å².